The van der Waals surface area contributed by atoms with E-state index in [2.05, 4.69) is 9.97 Å². The second-order valence-electron chi connectivity index (χ2n) is 8.70. The summed E-state index contributed by atoms with van der Waals surface area (Å²) in [4.78, 5) is 22.8. The summed E-state index contributed by atoms with van der Waals surface area (Å²) in [6.07, 6.45) is 3.36. The number of piperidine rings is 1. The van der Waals surface area contributed by atoms with E-state index in [4.69, 9.17) is 11.6 Å². The third-order valence-corrected chi connectivity index (χ3v) is 8.75. The normalized spacial score (nSPS) is 18.3. The molecule has 5 rings (SSSR count). The van der Waals surface area contributed by atoms with Crippen molar-refractivity contribution in [2.45, 2.75) is 37.8 Å². The van der Waals surface area contributed by atoms with Crippen molar-refractivity contribution in [1.82, 2.24) is 23.7 Å². The monoisotopic (exact) mass is 475 g/mol. The quantitative estimate of drug-likeness (QED) is 0.630. The highest BCUT2D eigenvalue weighted by atomic mass is 35.5. The van der Waals surface area contributed by atoms with Crippen molar-refractivity contribution < 1.29 is 13.2 Å². The smallest absolute Gasteiger partial charge is 0.262 e. The third-order valence-electron chi connectivity index (χ3n) is 6.74. The Morgan fingerprint density at radius 3 is 2.66 bits per heavy atom. The van der Waals surface area contributed by atoms with Gasteiger partial charge in [0.15, 0.2) is 5.03 Å². The number of amides is 1. The summed E-state index contributed by atoms with van der Waals surface area (Å²) in [5.74, 6) is 0.594. The van der Waals surface area contributed by atoms with E-state index in [1.165, 1.54) is 4.31 Å². The second-order valence-corrected chi connectivity index (χ2v) is 11.0. The van der Waals surface area contributed by atoms with Crippen molar-refractivity contribution in [1.29, 1.82) is 0 Å². The van der Waals surface area contributed by atoms with Crippen LogP contribution in [0.5, 0.6) is 0 Å². The highest BCUT2D eigenvalue weighted by molar-refractivity contribution is 7.89. The summed E-state index contributed by atoms with van der Waals surface area (Å²) in [5.41, 5.74) is 3.34. The van der Waals surface area contributed by atoms with Crippen LogP contribution in [0.2, 0.25) is 5.02 Å². The molecule has 0 unspecified atom stereocenters. The van der Waals surface area contributed by atoms with E-state index >= 15 is 0 Å². The number of sulfonamides is 1. The molecule has 0 bridgehead atoms. The zero-order valence-electron chi connectivity index (χ0n) is 18.1. The van der Waals surface area contributed by atoms with Gasteiger partial charge in [0, 0.05) is 78.9 Å². The molecule has 2 aliphatic heterocycles. The lowest BCUT2D eigenvalue weighted by Crippen LogP contribution is -2.45. The number of halogens is 1. The number of carbonyl (C=O) groups is 1. The number of aromatic amines is 1. The van der Waals surface area contributed by atoms with Crippen molar-refractivity contribution in [2.75, 3.05) is 19.6 Å². The zero-order valence-corrected chi connectivity index (χ0v) is 19.7. The molecule has 0 saturated carbocycles. The van der Waals surface area contributed by atoms with Crippen molar-refractivity contribution in [3.63, 3.8) is 0 Å². The van der Waals surface area contributed by atoms with E-state index in [0.717, 1.165) is 28.6 Å². The van der Waals surface area contributed by atoms with Crippen molar-refractivity contribution >= 4 is 38.4 Å². The lowest BCUT2D eigenvalue weighted by Gasteiger charge is -2.35. The maximum absolute atomic E-state index is 13.3. The summed E-state index contributed by atoms with van der Waals surface area (Å²) in [7, 11) is -1.86. The molecule has 1 fully saturated rings. The molecular weight excluding hydrogens is 450 g/mol. The van der Waals surface area contributed by atoms with Gasteiger partial charge >= 0.3 is 0 Å². The number of H-pyrrole nitrogens is 1. The number of carbonyl (C=O) groups excluding carboxylic acids is 1. The summed E-state index contributed by atoms with van der Waals surface area (Å²) in [5, 5.41) is 1.82. The van der Waals surface area contributed by atoms with E-state index in [1.807, 2.05) is 23.1 Å². The minimum Gasteiger partial charge on any atom is -0.358 e. The number of aryl methyl sites for hydroxylation is 2. The van der Waals surface area contributed by atoms with Gasteiger partial charge in [-0.05, 0) is 38.0 Å². The largest absolute Gasteiger partial charge is 0.358 e. The molecule has 170 valence electrons. The van der Waals surface area contributed by atoms with Gasteiger partial charge in [0.2, 0.25) is 5.91 Å². The summed E-state index contributed by atoms with van der Waals surface area (Å²) in [6.45, 7) is 3.65. The SMILES string of the molecule is Cc1nc(S(=O)(=O)N2CCC(C(=O)N3CCc4[nH]c5ccc(Cl)cc5c4C3)CC2)cn1C. The van der Waals surface area contributed by atoms with Crippen LogP contribution in [0.4, 0.5) is 0 Å². The van der Waals surface area contributed by atoms with Crippen molar-refractivity contribution in [2.24, 2.45) is 13.0 Å². The van der Waals surface area contributed by atoms with Crippen LogP contribution in [0.1, 0.15) is 29.9 Å². The Morgan fingerprint density at radius 2 is 1.97 bits per heavy atom. The third kappa shape index (κ3) is 3.62. The first-order valence-electron chi connectivity index (χ1n) is 10.8. The molecule has 1 saturated heterocycles. The fourth-order valence-electron chi connectivity index (χ4n) is 4.76. The maximum atomic E-state index is 13.3. The molecule has 4 heterocycles. The predicted octanol–water partition coefficient (Wildman–Crippen LogP) is 2.85. The zero-order chi connectivity index (χ0) is 22.6. The van der Waals surface area contributed by atoms with E-state index in [1.54, 1.807) is 24.7 Å². The van der Waals surface area contributed by atoms with Crippen LogP contribution in [0.3, 0.4) is 0 Å². The number of hydrogen-bond donors (Lipinski definition) is 1. The molecule has 1 aromatic carbocycles. The van der Waals surface area contributed by atoms with Gasteiger partial charge < -0.3 is 14.5 Å². The molecule has 32 heavy (non-hydrogen) atoms. The predicted molar refractivity (Wildman–Crippen MR) is 122 cm³/mol. The lowest BCUT2D eigenvalue weighted by atomic mass is 9.95. The topological polar surface area (TPSA) is 91.3 Å². The van der Waals surface area contributed by atoms with Crippen LogP contribution >= 0.6 is 11.6 Å². The number of aromatic nitrogens is 3. The van der Waals surface area contributed by atoms with E-state index in [-0.39, 0.29) is 16.9 Å². The molecule has 2 aromatic heterocycles. The number of rotatable bonds is 3. The molecule has 1 amide bonds. The molecule has 0 aliphatic carbocycles. The van der Waals surface area contributed by atoms with Crippen LogP contribution < -0.4 is 0 Å². The first kappa shape index (κ1) is 21.5. The highest BCUT2D eigenvalue weighted by Gasteiger charge is 2.36. The molecule has 8 nitrogen and oxygen atoms in total. The van der Waals surface area contributed by atoms with Crippen molar-refractivity contribution in [3.05, 3.63) is 46.5 Å². The number of imidazole rings is 1. The number of hydrogen-bond acceptors (Lipinski definition) is 4. The van der Waals surface area contributed by atoms with Crippen LogP contribution in [-0.4, -0.2) is 57.7 Å². The molecule has 0 atom stereocenters. The van der Waals surface area contributed by atoms with E-state index < -0.39 is 10.0 Å². The van der Waals surface area contributed by atoms with Gasteiger partial charge in [-0.25, -0.2) is 13.4 Å². The van der Waals surface area contributed by atoms with Gasteiger partial charge in [-0.3, -0.25) is 4.79 Å². The Morgan fingerprint density at radius 1 is 1.22 bits per heavy atom. The number of fused-ring (bicyclic) bond motifs is 3. The fourth-order valence-corrected chi connectivity index (χ4v) is 6.43. The summed E-state index contributed by atoms with van der Waals surface area (Å²) < 4.78 is 29.0. The molecule has 1 N–H and O–H groups in total. The molecule has 2 aliphatic rings. The van der Waals surface area contributed by atoms with Gasteiger partial charge in [0.25, 0.3) is 10.0 Å². The van der Waals surface area contributed by atoms with Crippen LogP contribution in [0, 0.1) is 12.8 Å². The van der Waals surface area contributed by atoms with E-state index in [9.17, 15) is 13.2 Å². The molecule has 10 heteroatoms. The van der Waals surface area contributed by atoms with Gasteiger partial charge in [-0.15, -0.1) is 0 Å². The van der Waals surface area contributed by atoms with Gasteiger partial charge in [0.1, 0.15) is 5.82 Å². The number of nitrogens with zero attached hydrogens (tertiary/aromatic N) is 4. The van der Waals surface area contributed by atoms with Crippen LogP contribution in [0.15, 0.2) is 29.4 Å². The summed E-state index contributed by atoms with van der Waals surface area (Å²) in [6, 6.07) is 5.78. The Balaban J connectivity index is 1.27. The number of benzene rings is 1. The first-order valence-corrected chi connectivity index (χ1v) is 12.6. The van der Waals surface area contributed by atoms with Crippen molar-refractivity contribution in [3.8, 4) is 0 Å². The average molecular weight is 476 g/mol. The molecular formula is C22H26ClN5O3S. The first-order chi connectivity index (χ1) is 15.2. The van der Waals surface area contributed by atoms with Gasteiger partial charge in [-0.2, -0.15) is 4.31 Å². The van der Waals surface area contributed by atoms with Gasteiger partial charge in [0.05, 0.1) is 0 Å². The Labute approximate surface area is 192 Å². The molecule has 3 aromatic rings. The highest BCUT2D eigenvalue weighted by Crippen LogP contribution is 2.32. The fraction of sp³-hybridized carbons (Fsp3) is 0.455. The lowest BCUT2D eigenvalue weighted by molar-refractivity contribution is -0.137. The minimum atomic E-state index is -3.64. The number of nitrogens with one attached hydrogen (secondary N) is 1. The Hall–Kier alpha value is -2.36. The standard InChI is InChI=1S/C22H26ClN5O3S/c1-14-24-21(13-26(14)2)32(30,31)28-9-5-15(6-10-28)22(29)27-8-7-20-18(12-27)17-11-16(23)3-4-19(17)25-20/h3-4,11,13,15,25H,5-10,12H2,1-2H3. The molecule has 0 radical (unpaired) electrons. The van der Waals surface area contributed by atoms with E-state index in [0.29, 0.717) is 49.9 Å². The summed E-state index contributed by atoms with van der Waals surface area (Å²) >= 11 is 6.19. The molecule has 0 spiro atoms. The van der Waals surface area contributed by atoms with Crippen LogP contribution in [-0.2, 0) is 34.8 Å². The minimum absolute atomic E-state index is 0.0730. The Kier molecular flexibility index (Phi) is 5.30. The Bertz CT molecular complexity index is 1290. The van der Waals surface area contributed by atoms with Crippen LogP contribution in [0.25, 0.3) is 10.9 Å². The average Bonchev–Trinajstić information content (AvgIpc) is 3.32. The maximum Gasteiger partial charge on any atom is 0.262 e. The van der Waals surface area contributed by atoms with Gasteiger partial charge in [-0.1, -0.05) is 11.6 Å². The second kappa shape index (κ2) is 7.90.